The standard InChI is InChI=1S/C19H24N2O3/c1-14(13-23-3)20-19(22)15-5-7-16(8-6-15)21(2)17-9-11-18(24-4)12-10-17/h5-12,14H,13H2,1-4H3,(H,20,22)/t14-/m1/s1. The van der Waals surface area contributed by atoms with Crippen LogP contribution in [-0.2, 0) is 4.74 Å². The number of carbonyl (C=O) groups is 1. The van der Waals surface area contributed by atoms with Gasteiger partial charge in [0.05, 0.1) is 13.7 Å². The van der Waals surface area contributed by atoms with E-state index in [9.17, 15) is 4.79 Å². The van der Waals surface area contributed by atoms with Gasteiger partial charge >= 0.3 is 0 Å². The number of anilines is 2. The lowest BCUT2D eigenvalue weighted by atomic mass is 10.1. The zero-order chi connectivity index (χ0) is 17.5. The molecule has 5 nitrogen and oxygen atoms in total. The smallest absolute Gasteiger partial charge is 0.251 e. The molecular weight excluding hydrogens is 304 g/mol. The van der Waals surface area contributed by atoms with Gasteiger partial charge in [0.25, 0.3) is 5.91 Å². The first-order valence-electron chi connectivity index (χ1n) is 7.82. The molecule has 5 heteroatoms. The van der Waals surface area contributed by atoms with E-state index in [0.717, 1.165) is 17.1 Å². The Morgan fingerprint density at radius 2 is 1.58 bits per heavy atom. The van der Waals surface area contributed by atoms with E-state index in [1.54, 1.807) is 14.2 Å². The molecule has 0 bridgehead atoms. The molecule has 2 aromatic carbocycles. The number of hydrogen-bond acceptors (Lipinski definition) is 4. The maximum absolute atomic E-state index is 12.2. The van der Waals surface area contributed by atoms with E-state index in [2.05, 4.69) is 10.2 Å². The summed E-state index contributed by atoms with van der Waals surface area (Å²) in [5.41, 5.74) is 2.67. The van der Waals surface area contributed by atoms with Crippen molar-refractivity contribution in [3.8, 4) is 5.75 Å². The molecule has 1 N–H and O–H groups in total. The third-order valence-electron chi connectivity index (χ3n) is 3.77. The van der Waals surface area contributed by atoms with Crippen LogP contribution in [0.25, 0.3) is 0 Å². The fourth-order valence-corrected chi connectivity index (χ4v) is 2.39. The first-order chi connectivity index (χ1) is 11.5. The van der Waals surface area contributed by atoms with Gasteiger partial charge in [0, 0.05) is 37.1 Å². The predicted molar refractivity (Wildman–Crippen MR) is 96.3 cm³/mol. The van der Waals surface area contributed by atoms with Crippen LogP contribution in [-0.4, -0.2) is 39.8 Å². The fourth-order valence-electron chi connectivity index (χ4n) is 2.39. The van der Waals surface area contributed by atoms with Crippen molar-refractivity contribution in [1.29, 1.82) is 0 Å². The van der Waals surface area contributed by atoms with E-state index >= 15 is 0 Å². The van der Waals surface area contributed by atoms with Gasteiger partial charge in [-0.15, -0.1) is 0 Å². The summed E-state index contributed by atoms with van der Waals surface area (Å²) in [5.74, 6) is 0.725. The number of ether oxygens (including phenoxy) is 2. The van der Waals surface area contributed by atoms with Crippen LogP contribution in [0.4, 0.5) is 11.4 Å². The summed E-state index contributed by atoms with van der Waals surface area (Å²) in [4.78, 5) is 14.2. The van der Waals surface area contributed by atoms with Crippen LogP contribution in [0, 0.1) is 0 Å². The van der Waals surface area contributed by atoms with Crippen LogP contribution in [0.5, 0.6) is 5.75 Å². The highest BCUT2D eigenvalue weighted by atomic mass is 16.5. The van der Waals surface area contributed by atoms with Crippen molar-refractivity contribution >= 4 is 17.3 Å². The number of rotatable bonds is 7. The molecule has 0 aromatic heterocycles. The van der Waals surface area contributed by atoms with Crippen LogP contribution in [0.3, 0.4) is 0 Å². The molecule has 1 amide bonds. The number of nitrogens with zero attached hydrogens (tertiary/aromatic N) is 1. The van der Waals surface area contributed by atoms with Gasteiger partial charge in [-0.2, -0.15) is 0 Å². The van der Waals surface area contributed by atoms with Crippen molar-refractivity contribution in [2.45, 2.75) is 13.0 Å². The SMILES string of the molecule is COC[C@@H](C)NC(=O)c1ccc(N(C)c2ccc(OC)cc2)cc1. The Kier molecular flexibility index (Phi) is 6.21. The minimum atomic E-state index is -0.0989. The minimum Gasteiger partial charge on any atom is -0.497 e. The normalized spacial score (nSPS) is 11.7. The van der Waals surface area contributed by atoms with Crippen LogP contribution in [0.2, 0.25) is 0 Å². The Morgan fingerprint density at radius 3 is 2.08 bits per heavy atom. The number of methoxy groups -OCH3 is 2. The van der Waals surface area contributed by atoms with Crippen molar-refractivity contribution < 1.29 is 14.3 Å². The minimum absolute atomic E-state index is 0.0239. The average Bonchev–Trinajstić information content (AvgIpc) is 2.61. The van der Waals surface area contributed by atoms with E-state index in [1.807, 2.05) is 62.5 Å². The van der Waals surface area contributed by atoms with Gasteiger partial charge in [-0.25, -0.2) is 0 Å². The topological polar surface area (TPSA) is 50.8 Å². The predicted octanol–water partition coefficient (Wildman–Crippen LogP) is 3.23. The zero-order valence-electron chi connectivity index (χ0n) is 14.6. The van der Waals surface area contributed by atoms with Gasteiger partial charge in [-0.3, -0.25) is 4.79 Å². The van der Waals surface area contributed by atoms with Gasteiger partial charge in [0.15, 0.2) is 0 Å². The molecule has 24 heavy (non-hydrogen) atoms. The van der Waals surface area contributed by atoms with Gasteiger partial charge < -0.3 is 19.7 Å². The molecule has 0 heterocycles. The van der Waals surface area contributed by atoms with E-state index in [1.165, 1.54) is 0 Å². The van der Waals surface area contributed by atoms with Crippen LogP contribution in [0.15, 0.2) is 48.5 Å². The highest BCUT2D eigenvalue weighted by Gasteiger charge is 2.10. The van der Waals surface area contributed by atoms with Crippen molar-refractivity contribution in [3.63, 3.8) is 0 Å². The molecule has 0 unspecified atom stereocenters. The summed E-state index contributed by atoms with van der Waals surface area (Å²) < 4.78 is 10.2. The molecule has 1 atom stereocenters. The number of amides is 1. The highest BCUT2D eigenvalue weighted by molar-refractivity contribution is 5.94. The molecule has 0 spiro atoms. The molecule has 0 radical (unpaired) electrons. The Hall–Kier alpha value is -2.53. The summed E-state index contributed by atoms with van der Waals surface area (Å²) in [7, 11) is 5.25. The number of hydrogen-bond donors (Lipinski definition) is 1. The second-order valence-electron chi connectivity index (χ2n) is 5.63. The summed E-state index contributed by atoms with van der Waals surface area (Å²) in [5, 5.41) is 2.90. The second-order valence-corrected chi connectivity index (χ2v) is 5.63. The Bertz CT molecular complexity index is 653. The lowest BCUT2D eigenvalue weighted by Crippen LogP contribution is -2.35. The van der Waals surface area contributed by atoms with E-state index in [4.69, 9.17) is 9.47 Å². The third-order valence-corrected chi connectivity index (χ3v) is 3.77. The molecular formula is C19H24N2O3. The summed E-state index contributed by atoms with van der Waals surface area (Å²) in [6, 6.07) is 15.3. The molecule has 0 fully saturated rings. The number of carbonyl (C=O) groups excluding carboxylic acids is 1. The van der Waals surface area contributed by atoms with Crippen molar-refractivity contribution in [2.75, 3.05) is 32.8 Å². The first kappa shape index (κ1) is 17.8. The first-order valence-corrected chi connectivity index (χ1v) is 7.82. The van der Waals surface area contributed by atoms with E-state index in [0.29, 0.717) is 12.2 Å². The van der Waals surface area contributed by atoms with Crippen molar-refractivity contribution in [3.05, 3.63) is 54.1 Å². The number of nitrogens with one attached hydrogen (secondary N) is 1. The van der Waals surface area contributed by atoms with Crippen LogP contribution >= 0.6 is 0 Å². The molecule has 2 rings (SSSR count). The van der Waals surface area contributed by atoms with Gasteiger partial charge in [0.1, 0.15) is 5.75 Å². The third kappa shape index (κ3) is 4.49. The quantitative estimate of drug-likeness (QED) is 0.848. The lowest BCUT2D eigenvalue weighted by Gasteiger charge is -2.20. The Labute approximate surface area is 143 Å². The van der Waals surface area contributed by atoms with Gasteiger partial charge in [0.2, 0.25) is 0 Å². The maximum Gasteiger partial charge on any atom is 0.251 e. The van der Waals surface area contributed by atoms with E-state index < -0.39 is 0 Å². The fraction of sp³-hybridized carbons (Fsp3) is 0.316. The zero-order valence-corrected chi connectivity index (χ0v) is 14.6. The molecule has 0 aliphatic rings. The molecule has 0 saturated carbocycles. The summed E-state index contributed by atoms with van der Waals surface area (Å²) >= 11 is 0. The largest absolute Gasteiger partial charge is 0.497 e. The lowest BCUT2D eigenvalue weighted by molar-refractivity contribution is 0.0905. The average molecular weight is 328 g/mol. The number of benzene rings is 2. The second kappa shape index (κ2) is 8.36. The monoisotopic (exact) mass is 328 g/mol. The molecule has 2 aromatic rings. The van der Waals surface area contributed by atoms with Gasteiger partial charge in [-0.1, -0.05) is 0 Å². The highest BCUT2D eigenvalue weighted by Crippen LogP contribution is 2.25. The summed E-state index contributed by atoms with van der Waals surface area (Å²) in [6.45, 7) is 2.40. The Balaban J connectivity index is 2.06. The van der Waals surface area contributed by atoms with Crippen LogP contribution in [0.1, 0.15) is 17.3 Å². The van der Waals surface area contributed by atoms with E-state index in [-0.39, 0.29) is 11.9 Å². The molecule has 0 aliphatic heterocycles. The molecule has 0 saturated heterocycles. The van der Waals surface area contributed by atoms with Gasteiger partial charge in [-0.05, 0) is 55.5 Å². The molecule has 0 aliphatic carbocycles. The Morgan fingerprint density at radius 1 is 1.04 bits per heavy atom. The van der Waals surface area contributed by atoms with Crippen LogP contribution < -0.4 is 15.0 Å². The summed E-state index contributed by atoms with van der Waals surface area (Å²) in [6.07, 6.45) is 0. The van der Waals surface area contributed by atoms with Crippen molar-refractivity contribution in [2.24, 2.45) is 0 Å². The maximum atomic E-state index is 12.2. The molecule has 128 valence electrons. The van der Waals surface area contributed by atoms with Crippen molar-refractivity contribution in [1.82, 2.24) is 5.32 Å².